The van der Waals surface area contributed by atoms with Gasteiger partial charge in [0.05, 0.1) is 18.0 Å². The van der Waals surface area contributed by atoms with Crippen LogP contribution in [0.15, 0.2) is 41.4 Å². The highest BCUT2D eigenvalue weighted by molar-refractivity contribution is 7.89. The highest BCUT2D eigenvalue weighted by Crippen LogP contribution is 2.25. The summed E-state index contributed by atoms with van der Waals surface area (Å²) >= 11 is 0. The second-order valence-electron chi connectivity index (χ2n) is 4.59. The Labute approximate surface area is 116 Å². The van der Waals surface area contributed by atoms with Crippen molar-refractivity contribution in [2.45, 2.75) is 17.6 Å². The Morgan fingerprint density at radius 1 is 1.35 bits per heavy atom. The van der Waals surface area contributed by atoms with Crippen molar-refractivity contribution >= 4 is 10.0 Å². The third-order valence-corrected chi connectivity index (χ3v) is 3.62. The molecular formula is C12H15N3O4S. The van der Waals surface area contributed by atoms with E-state index in [1.54, 1.807) is 30.3 Å². The van der Waals surface area contributed by atoms with Crippen LogP contribution in [0.1, 0.15) is 12.6 Å². The monoisotopic (exact) mass is 297 g/mol. The lowest BCUT2D eigenvalue weighted by molar-refractivity contribution is -0.00775. The molecule has 0 fully saturated rings. The molecule has 1 unspecified atom stereocenters. The number of aliphatic hydroxyl groups is 2. The Kier molecular flexibility index (Phi) is 3.65. The van der Waals surface area contributed by atoms with Crippen LogP contribution in [0.5, 0.6) is 0 Å². The number of aromatic nitrogens is 2. The first-order valence-electron chi connectivity index (χ1n) is 5.78. The Balaban J connectivity index is 2.70. The molecule has 0 saturated heterocycles. The van der Waals surface area contributed by atoms with Gasteiger partial charge in [0.25, 0.3) is 10.0 Å². The fourth-order valence-corrected chi connectivity index (χ4v) is 2.20. The Morgan fingerprint density at radius 3 is 2.45 bits per heavy atom. The molecular weight excluding hydrogens is 282 g/mol. The summed E-state index contributed by atoms with van der Waals surface area (Å²) in [6.45, 7) is 0.770. The van der Waals surface area contributed by atoms with E-state index in [0.29, 0.717) is 5.69 Å². The number of nitrogens with two attached hydrogens (primary N) is 1. The van der Waals surface area contributed by atoms with Gasteiger partial charge >= 0.3 is 0 Å². The van der Waals surface area contributed by atoms with Crippen LogP contribution in [0.25, 0.3) is 5.69 Å². The van der Waals surface area contributed by atoms with E-state index in [1.165, 1.54) is 11.6 Å². The lowest BCUT2D eigenvalue weighted by Crippen LogP contribution is -2.29. The van der Waals surface area contributed by atoms with Crippen molar-refractivity contribution in [3.05, 3.63) is 42.1 Å². The lowest BCUT2D eigenvalue weighted by atomic mass is 10.0. The van der Waals surface area contributed by atoms with Crippen molar-refractivity contribution in [3.8, 4) is 5.69 Å². The van der Waals surface area contributed by atoms with Crippen LogP contribution in [0.3, 0.4) is 0 Å². The summed E-state index contributed by atoms with van der Waals surface area (Å²) < 4.78 is 24.1. The Bertz CT molecular complexity index is 708. The number of nitrogens with zero attached hydrogens (tertiary/aromatic N) is 2. The second-order valence-corrected chi connectivity index (χ2v) is 6.10. The molecule has 1 atom stereocenters. The van der Waals surface area contributed by atoms with Gasteiger partial charge in [0.2, 0.25) is 0 Å². The molecule has 4 N–H and O–H groups in total. The molecule has 8 heteroatoms. The summed E-state index contributed by atoms with van der Waals surface area (Å²) in [4.78, 5) is 0. The van der Waals surface area contributed by atoms with Crippen molar-refractivity contribution in [1.29, 1.82) is 0 Å². The summed E-state index contributed by atoms with van der Waals surface area (Å²) in [5.74, 6) is 0. The smallest absolute Gasteiger partial charge is 0.257 e. The average Bonchev–Trinajstić information content (AvgIpc) is 2.85. The van der Waals surface area contributed by atoms with Gasteiger partial charge in [-0.1, -0.05) is 18.2 Å². The molecule has 0 radical (unpaired) electrons. The van der Waals surface area contributed by atoms with Gasteiger partial charge in [-0.05, 0) is 19.1 Å². The molecule has 1 aromatic carbocycles. The maximum atomic E-state index is 11.4. The van der Waals surface area contributed by atoms with Gasteiger partial charge in [-0.15, -0.1) is 0 Å². The third-order valence-electron chi connectivity index (χ3n) is 2.84. The van der Waals surface area contributed by atoms with E-state index in [0.717, 1.165) is 6.07 Å². The molecule has 0 saturated carbocycles. The number of aliphatic hydroxyl groups excluding tert-OH is 1. The molecule has 1 heterocycles. The fourth-order valence-electron chi connectivity index (χ4n) is 1.73. The van der Waals surface area contributed by atoms with Gasteiger partial charge in [-0.3, -0.25) is 0 Å². The van der Waals surface area contributed by atoms with Crippen molar-refractivity contribution in [3.63, 3.8) is 0 Å². The number of hydrogen-bond donors (Lipinski definition) is 3. The third kappa shape index (κ3) is 2.73. The molecule has 2 rings (SSSR count). The van der Waals surface area contributed by atoms with Crippen molar-refractivity contribution in [1.82, 2.24) is 9.78 Å². The highest BCUT2D eigenvalue weighted by atomic mass is 32.2. The van der Waals surface area contributed by atoms with E-state index in [-0.39, 0.29) is 10.7 Å². The molecule has 20 heavy (non-hydrogen) atoms. The normalized spacial score (nSPS) is 15.0. The largest absolute Gasteiger partial charge is 0.393 e. The summed E-state index contributed by atoms with van der Waals surface area (Å²) in [5, 5.41) is 28.0. The molecule has 7 nitrogen and oxygen atoms in total. The SMILES string of the molecule is CC(O)(CO)c1cc(S(N)(=O)=O)nn1-c1ccccc1. The zero-order valence-corrected chi connectivity index (χ0v) is 11.6. The number of sulfonamides is 1. The minimum atomic E-state index is -4.01. The standard InChI is InChI=1S/C12H15N3O4S/c1-12(17,8-16)10-7-11(20(13,18)19)14-15(10)9-5-3-2-4-6-9/h2-7,16-17H,8H2,1H3,(H2,13,18,19). The molecule has 0 spiro atoms. The van der Waals surface area contributed by atoms with E-state index in [2.05, 4.69) is 5.10 Å². The summed E-state index contributed by atoms with van der Waals surface area (Å²) in [6, 6.07) is 9.81. The number of primary sulfonamides is 1. The predicted molar refractivity (Wildman–Crippen MR) is 71.6 cm³/mol. The van der Waals surface area contributed by atoms with Crippen LogP contribution in [0, 0.1) is 0 Å². The van der Waals surface area contributed by atoms with E-state index in [9.17, 15) is 18.6 Å². The fraction of sp³-hybridized carbons (Fsp3) is 0.250. The average molecular weight is 297 g/mol. The van der Waals surface area contributed by atoms with Crippen LogP contribution >= 0.6 is 0 Å². The maximum Gasteiger partial charge on any atom is 0.257 e. The van der Waals surface area contributed by atoms with Crippen molar-refractivity contribution in [2.24, 2.45) is 5.14 Å². The van der Waals surface area contributed by atoms with Crippen LogP contribution in [0.2, 0.25) is 0 Å². The quantitative estimate of drug-likeness (QED) is 0.717. The molecule has 0 amide bonds. The van der Waals surface area contributed by atoms with Gasteiger partial charge in [-0.2, -0.15) is 5.10 Å². The molecule has 2 aromatic rings. The molecule has 0 bridgehead atoms. The zero-order valence-electron chi connectivity index (χ0n) is 10.8. The predicted octanol–water partition coefficient (Wildman–Crippen LogP) is -0.280. The minimum Gasteiger partial charge on any atom is -0.393 e. The summed E-state index contributed by atoms with van der Waals surface area (Å²) in [7, 11) is -4.01. The first-order valence-corrected chi connectivity index (χ1v) is 7.32. The first kappa shape index (κ1) is 14.7. The summed E-state index contributed by atoms with van der Waals surface area (Å²) in [5.41, 5.74) is -0.965. The maximum absolute atomic E-state index is 11.4. The van der Waals surface area contributed by atoms with Crippen molar-refractivity contribution < 1.29 is 18.6 Å². The lowest BCUT2D eigenvalue weighted by Gasteiger charge is -2.21. The number of benzene rings is 1. The molecule has 1 aromatic heterocycles. The number of hydrogen-bond acceptors (Lipinski definition) is 5. The topological polar surface area (TPSA) is 118 Å². The van der Waals surface area contributed by atoms with Gasteiger partial charge in [0.15, 0.2) is 5.03 Å². The zero-order chi connectivity index (χ0) is 15.0. The highest BCUT2D eigenvalue weighted by Gasteiger charge is 2.30. The Morgan fingerprint density at radius 2 is 1.95 bits per heavy atom. The van der Waals surface area contributed by atoms with E-state index < -0.39 is 22.2 Å². The molecule has 0 aliphatic rings. The van der Waals surface area contributed by atoms with E-state index in [4.69, 9.17) is 5.14 Å². The van der Waals surface area contributed by atoms with Crippen LogP contribution in [-0.2, 0) is 15.6 Å². The van der Waals surface area contributed by atoms with E-state index in [1.807, 2.05) is 0 Å². The number of rotatable bonds is 4. The number of para-hydroxylation sites is 1. The Hall–Kier alpha value is -1.74. The van der Waals surface area contributed by atoms with Gasteiger partial charge in [0.1, 0.15) is 5.60 Å². The van der Waals surface area contributed by atoms with Crippen LogP contribution in [0.4, 0.5) is 0 Å². The van der Waals surface area contributed by atoms with Crippen LogP contribution in [-0.4, -0.2) is 35.0 Å². The van der Waals surface area contributed by atoms with Gasteiger partial charge < -0.3 is 10.2 Å². The van der Waals surface area contributed by atoms with Crippen molar-refractivity contribution in [2.75, 3.05) is 6.61 Å². The minimum absolute atomic E-state index is 0.134. The molecule has 108 valence electrons. The molecule has 0 aliphatic carbocycles. The summed E-state index contributed by atoms with van der Waals surface area (Å²) in [6.07, 6.45) is 0. The first-order chi connectivity index (χ1) is 9.25. The van der Waals surface area contributed by atoms with Gasteiger partial charge in [-0.25, -0.2) is 18.2 Å². The second kappa shape index (κ2) is 4.98. The van der Waals surface area contributed by atoms with E-state index >= 15 is 0 Å². The van der Waals surface area contributed by atoms with Gasteiger partial charge in [0, 0.05) is 6.07 Å². The van der Waals surface area contributed by atoms with Crippen LogP contribution < -0.4 is 5.14 Å². The molecule has 0 aliphatic heterocycles.